The predicted octanol–water partition coefficient (Wildman–Crippen LogP) is 0.231. The van der Waals surface area contributed by atoms with Gasteiger partial charge in [-0.25, -0.2) is 0 Å². The molecule has 0 unspecified atom stereocenters. The minimum Gasteiger partial charge on any atom is -0.361 e. The molecule has 0 aromatic carbocycles. The molecule has 0 saturated carbocycles. The molecule has 0 aromatic heterocycles. The van der Waals surface area contributed by atoms with Gasteiger partial charge in [0, 0.05) is 13.1 Å². The summed E-state index contributed by atoms with van der Waals surface area (Å²) in [6, 6.07) is 2.10. The number of nitriles is 1. The number of likely N-dealkylation sites (N-methyl/N-ethyl adjacent to an activating group) is 1. The average molecular weight is 140 g/mol. The van der Waals surface area contributed by atoms with E-state index in [2.05, 4.69) is 17.9 Å². The maximum atomic E-state index is 8.50. The summed E-state index contributed by atoms with van der Waals surface area (Å²) in [5, 5.41) is 8.50. The molecule has 56 valence electrons. The van der Waals surface area contributed by atoms with Crippen LogP contribution in [0.15, 0.2) is 0 Å². The van der Waals surface area contributed by atoms with E-state index in [0.717, 1.165) is 19.6 Å². The first kappa shape index (κ1) is 7.52. The Balaban J connectivity index is 2.33. The van der Waals surface area contributed by atoms with Gasteiger partial charge < -0.3 is 4.74 Å². The fourth-order valence-corrected chi connectivity index (χ4v) is 1.07. The average Bonchev–Trinajstić information content (AvgIpc) is 2.05. The molecular formula is C7H12N2O. The third-order valence-corrected chi connectivity index (χ3v) is 1.74. The van der Waals surface area contributed by atoms with Gasteiger partial charge in [0.15, 0.2) is 6.10 Å². The summed E-state index contributed by atoms with van der Waals surface area (Å²) in [5.41, 5.74) is 0. The third-order valence-electron chi connectivity index (χ3n) is 1.74. The summed E-state index contributed by atoms with van der Waals surface area (Å²) >= 11 is 0. The molecule has 1 atom stereocenters. The van der Waals surface area contributed by atoms with Crippen LogP contribution < -0.4 is 0 Å². The minimum absolute atomic E-state index is 0.200. The normalized spacial score (nSPS) is 27.8. The standard InChI is InChI=1S/C7H12N2O/c1-2-9-3-4-10-7(5-8)6-9/h7H,2-4,6H2,1H3/t7-/m0/s1. The second-order valence-electron chi connectivity index (χ2n) is 2.38. The van der Waals surface area contributed by atoms with Crippen molar-refractivity contribution in [2.24, 2.45) is 0 Å². The van der Waals surface area contributed by atoms with Gasteiger partial charge >= 0.3 is 0 Å². The molecule has 1 rings (SSSR count). The lowest BCUT2D eigenvalue weighted by molar-refractivity contribution is 0.00269. The lowest BCUT2D eigenvalue weighted by atomic mass is 10.3. The summed E-state index contributed by atoms with van der Waals surface area (Å²) in [5.74, 6) is 0. The fourth-order valence-electron chi connectivity index (χ4n) is 1.07. The number of hydrogen-bond acceptors (Lipinski definition) is 3. The SMILES string of the molecule is CCN1CCO[C@@H](C#N)C1. The fraction of sp³-hybridized carbons (Fsp3) is 0.857. The lowest BCUT2D eigenvalue weighted by Crippen LogP contribution is -2.41. The predicted molar refractivity (Wildman–Crippen MR) is 37.5 cm³/mol. The van der Waals surface area contributed by atoms with E-state index in [1.54, 1.807) is 0 Å². The Morgan fingerprint density at radius 3 is 3.20 bits per heavy atom. The Hall–Kier alpha value is -0.590. The maximum Gasteiger partial charge on any atom is 0.156 e. The van der Waals surface area contributed by atoms with Crippen molar-refractivity contribution >= 4 is 0 Å². The number of morpholine rings is 1. The monoisotopic (exact) mass is 140 g/mol. The van der Waals surface area contributed by atoms with Crippen LogP contribution in [0, 0.1) is 11.3 Å². The van der Waals surface area contributed by atoms with Crippen LogP contribution in [0.5, 0.6) is 0 Å². The molecule has 0 spiro atoms. The molecule has 0 N–H and O–H groups in total. The summed E-state index contributed by atoms with van der Waals surface area (Å²) in [6.45, 7) is 5.55. The molecule has 0 aliphatic carbocycles. The molecular weight excluding hydrogens is 128 g/mol. The first-order valence-electron chi connectivity index (χ1n) is 3.60. The highest BCUT2D eigenvalue weighted by atomic mass is 16.5. The largest absolute Gasteiger partial charge is 0.361 e. The molecule has 1 aliphatic rings. The van der Waals surface area contributed by atoms with E-state index in [-0.39, 0.29) is 6.10 Å². The van der Waals surface area contributed by atoms with Crippen molar-refractivity contribution in [2.75, 3.05) is 26.2 Å². The highest BCUT2D eigenvalue weighted by molar-refractivity contribution is 4.88. The molecule has 1 heterocycles. The van der Waals surface area contributed by atoms with Crippen molar-refractivity contribution in [2.45, 2.75) is 13.0 Å². The Kier molecular flexibility index (Phi) is 2.67. The Morgan fingerprint density at radius 2 is 2.60 bits per heavy atom. The molecule has 1 aliphatic heterocycles. The molecule has 0 bridgehead atoms. The Labute approximate surface area is 61.2 Å². The zero-order chi connectivity index (χ0) is 7.40. The van der Waals surface area contributed by atoms with E-state index >= 15 is 0 Å². The van der Waals surface area contributed by atoms with Crippen molar-refractivity contribution in [3.05, 3.63) is 0 Å². The highest BCUT2D eigenvalue weighted by Crippen LogP contribution is 2.02. The number of hydrogen-bond donors (Lipinski definition) is 0. The first-order valence-corrected chi connectivity index (χ1v) is 3.60. The molecule has 0 aromatic rings. The van der Waals surface area contributed by atoms with E-state index in [1.165, 1.54) is 0 Å². The molecule has 3 nitrogen and oxygen atoms in total. The number of nitrogens with zero attached hydrogens (tertiary/aromatic N) is 2. The zero-order valence-electron chi connectivity index (χ0n) is 6.21. The van der Waals surface area contributed by atoms with Crippen LogP contribution in [0.1, 0.15) is 6.92 Å². The second-order valence-corrected chi connectivity index (χ2v) is 2.38. The van der Waals surface area contributed by atoms with Crippen LogP contribution in [-0.4, -0.2) is 37.2 Å². The smallest absolute Gasteiger partial charge is 0.156 e. The third kappa shape index (κ3) is 1.69. The van der Waals surface area contributed by atoms with Crippen LogP contribution in [0.25, 0.3) is 0 Å². The van der Waals surface area contributed by atoms with E-state index in [0.29, 0.717) is 6.61 Å². The summed E-state index contributed by atoms with van der Waals surface area (Å²) in [6.07, 6.45) is -0.200. The van der Waals surface area contributed by atoms with Gasteiger partial charge in [-0.2, -0.15) is 5.26 Å². The van der Waals surface area contributed by atoms with Crippen molar-refractivity contribution < 1.29 is 4.74 Å². The van der Waals surface area contributed by atoms with Gasteiger partial charge in [-0.3, -0.25) is 4.90 Å². The molecule has 1 saturated heterocycles. The Morgan fingerprint density at radius 1 is 1.80 bits per heavy atom. The summed E-state index contributed by atoms with van der Waals surface area (Å²) in [7, 11) is 0. The number of rotatable bonds is 1. The summed E-state index contributed by atoms with van der Waals surface area (Å²) < 4.78 is 5.16. The van der Waals surface area contributed by atoms with Crippen LogP contribution in [-0.2, 0) is 4.74 Å². The van der Waals surface area contributed by atoms with Gasteiger partial charge in [-0.1, -0.05) is 6.92 Å². The van der Waals surface area contributed by atoms with Crippen LogP contribution in [0.3, 0.4) is 0 Å². The van der Waals surface area contributed by atoms with Gasteiger partial charge in [0.1, 0.15) is 0 Å². The van der Waals surface area contributed by atoms with Crippen molar-refractivity contribution in [1.82, 2.24) is 4.90 Å². The quantitative estimate of drug-likeness (QED) is 0.523. The Bertz CT molecular complexity index is 141. The lowest BCUT2D eigenvalue weighted by Gasteiger charge is -2.28. The van der Waals surface area contributed by atoms with Gasteiger partial charge in [0.05, 0.1) is 12.7 Å². The summed E-state index contributed by atoms with van der Waals surface area (Å²) in [4.78, 5) is 2.22. The van der Waals surface area contributed by atoms with Gasteiger partial charge in [0.25, 0.3) is 0 Å². The van der Waals surface area contributed by atoms with Crippen LogP contribution >= 0.6 is 0 Å². The zero-order valence-corrected chi connectivity index (χ0v) is 6.21. The molecule has 10 heavy (non-hydrogen) atoms. The van der Waals surface area contributed by atoms with E-state index in [9.17, 15) is 0 Å². The van der Waals surface area contributed by atoms with Crippen molar-refractivity contribution in [3.8, 4) is 6.07 Å². The van der Waals surface area contributed by atoms with Gasteiger partial charge in [0.2, 0.25) is 0 Å². The molecule has 1 fully saturated rings. The van der Waals surface area contributed by atoms with E-state index < -0.39 is 0 Å². The molecule has 3 heteroatoms. The second kappa shape index (κ2) is 3.55. The van der Waals surface area contributed by atoms with Crippen LogP contribution in [0.4, 0.5) is 0 Å². The maximum absolute atomic E-state index is 8.50. The van der Waals surface area contributed by atoms with Gasteiger partial charge in [-0.05, 0) is 6.54 Å². The van der Waals surface area contributed by atoms with Crippen molar-refractivity contribution in [1.29, 1.82) is 5.26 Å². The van der Waals surface area contributed by atoms with E-state index in [4.69, 9.17) is 10.00 Å². The topological polar surface area (TPSA) is 36.3 Å². The highest BCUT2D eigenvalue weighted by Gasteiger charge is 2.17. The molecule has 0 radical (unpaired) electrons. The number of ether oxygens (including phenoxy) is 1. The van der Waals surface area contributed by atoms with E-state index in [1.807, 2.05) is 0 Å². The first-order chi connectivity index (χ1) is 4.86. The minimum atomic E-state index is -0.200. The molecule has 0 amide bonds. The van der Waals surface area contributed by atoms with Crippen LogP contribution in [0.2, 0.25) is 0 Å². The van der Waals surface area contributed by atoms with Gasteiger partial charge in [-0.15, -0.1) is 0 Å². The van der Waals surface area contributed by atoms with Crippen molar-refractivity contribution in [3.63, 3.8) is 0 Å².